The van der Waals surface area contributed by atoms with Crippen LogP contribution in [0.15, 0.2) is 30.3 Å². The van der Waals surface area contributed by atoms with Crippen LogP contribution in [0.3, 0.4) is 0 Å². The number of hydrogen-bond acceptors (Lipinski definition) is 2. The molecule has 1 nitrogen and oxygen atoms in total. The van der Waals surface area contributed by atoms with E-state index in [0.29, 0.717) is 0 Å². The molecule has 13 heavy (non-hydrogen) atoms. The van der Waals surface area contributed by atoms with E-state index in [0.717, 1.165) is 10.7 Å². The Bertz CT molecular complexity index is 408. The van der Waals surface area contributed by atoms with Gasteiger partial charge in [0.1, 0.15) is 0 Å². The van der Waals surface area contributed by atoms with E-state index in [1.54, 1.807) is 11.3 Å². The van der Waals surface area contributed by atoms with E-state index in [9.17, 15) is 0 Å². The first-order chi connectivity index (χ1) is 6.27. The Kier molecular flexibility index (Phi) is 2.64. The van der Waals surface area contributed by atoms with Crippen LogP contribution < -0.4 is 0 Å². The summed E-state index contributed by atoms with van der Waals surface area (Å²) in [4.78, 5) is 4.49. The number of benzene rings is 1. The van der Waals surface area contributed by atoms with Crippen LogP contribution in [0.4, 0.5) is 0 Å². The Balaban J connectivity index is 2.53. The highest BCUT2D eigenvalue weighted by atomic mass is 127. The fourth-order valence-electron chi connectivity index (χ4n) is 1.18. The van der Waals surface area contributed by atoms with E-state index >= 15 is 0 Å². The summed E-state index contributed by atoms with van der Waals surface area (Å²) in [6.45, 7) is 2.04. The van der Waals surface area contributed by atoms with Crippen molar-refractivity contribution in [1.82, 2.24) is 4.98 Å². The first-order valence-corrected chi connectivity index (χ1v) is 5.85. The van der Waals surface area contributed by atoms with Crippen molar-refractivity contribution in [3.05, 3.63) is 38.2 Å². The van der Waals surface area contributed by atoms with Gasteiger partial charge in [-0.1, -0.05) is 30.3 Å². The lowest BCUT2D eigenvalue weighted by Crippen LogP contribution is -1.78. The molecule has 0 N–H and O–H groups in total. The maximum absolute atomic E-state index is 4.49. The standard InChI is InChI=1S/C10H8INS/c1-7-12-9(10(11)13-7)8-5-3-2-4-6-8/h2-6H,1H3. The van der Waals surface area contributed by atoms with E-state index in [2.05, 4.69) is 39.7 Å². The number of aromatic nitrogens is 1. The Labute approximate surface area is 95.0 Å². The minimum absolute atomic E-state index is 1.11. The summed E-state index contributed by atoms with van der Waals surface area (Å²) >= 11 is 4.08. The van der Waals surface area contributed by atoms with Crippen LogP contribution in [0.5, 0.6) is 0 Å². The second kappa shape index (κ2) is 3.75. The zero-order valence-corrected chi connectivity index (χ0v) is 10.1. The van der Waals surface area contributed by atoms with Gasteiger partial charge < -0.3 is 0 Å². The maximum Gasteiger partial charge on any atom is 0.0949 e. The summed E-state index contributed by atoms with van der Waals surface area (Å²) in [6, 6.07) is 10.3. The van der Waals surface area contributed by atoms with Crippen molar-refractivity contribution in [3.8, 4) is 11.3 Å². The molecule has 0 saturated heterocycles. The minimum Gasteiger partial charge on any atom is -0.240 e. The molecule has 2 rings (SSSR count). The summed E-state index contributed by atoms with van der Waals surface area (Å²) in [5.41, 5.74) is 2.32. The molecule has 0 atom stereocenters. The van der Waals surface area contributed by atoms with E-state index in [-0.39, 0.29) is 0 Å². The van der Waals surface area contributed by atoms with Gasteiger partial charge in [0.15, 0.2) is 0 Å². The van der Waals surface area contributed by atoms with Gasteiger partial charge >= 0.3 is 0 Å². The second-order valence-corrected chi connectivity index (χ2v) is 5.74. The largest absolute Gasteiger partial charge is 0.240 e. The van der Waals surface area contributed by atoms with Gasteiger partial charge in [0, 0.05) is 5.56 Å². The highest BCUT2D eigenvalue weighted by molar-refractivity contribution is 14.1. The highest BCUT2D eigenvalue weighted by Gasteiger charge is 2.07. The molecule has 0 spiro atoms. The third-order valence-corrected chi connectivity index (χ3v) is 3.67. The number of aryl methyl sites for hydroxylation is 1. The molecular weight excluding hydrogens is 293 g/mol. The molecule has 1 aromatic carbocycles. The van der Waals surface area contributed by atoms with Crippen LogP contribution in [0, 0.1) is 9.81 Å². The SMILES string of the molecule is Cc1nc(-c2ccccc2)c(I)s1. The molecule has 0 aliphatic carbocycles. The molecule has 1 aromatic heterocycles. The van der Waals surface area contributed by atoms with E-state index in [1.807, 2.05) is 25.1 Å². The molecule has 0 bridgehead atoms. The van der Waals surface area contributed by atoms with Crippen molar-refractivity contribution in [3.63, 3.8) is 0 Å². The van der Waals surface area contributed by atoms with Gasteiger partial charge in [-0.3, -0.25) is 0 Å². The van der Waals surface area contributed by atoms with Crippen LogP contribution in [-0.4, -0.2) is 4.98 Å². The van der Waals surface area contributed by atoms with Gasteiger partial charge in [0.25, 0.3) is 0 Å². The van der Waals surface area contributed by atoms with Crippen molar-refractivity contribution in [2.45, 2.75) is 6.92 Å². The van der Waals surface area contributed by atoms with Crippen molar-refractivity contribution in [2.75, 3.05) is 0 Å². The second-order valence-electron chi connectivity index (χ2n) is 2.72. The lowest BCUT2D eigenvalue weighted by atomic mass is 10.2. The lowest BCUT2D eigenvalue weighted by molar-refractivity contribution is 1.29. The third-order valence-electron chi connectivity index (χ3n) is 1.74. The number of rotatable bonds is 1. The van der Waals surface area contributed by atoms with Gasteiger partial charge in [-0.05, 0) is 29.5 Å². The van der Waals surface area contributed by atoms with Crippen LogP contribution in [0.2, 0.25) is 0 Å². The maximum atomic E-state index is 4.49. The third kappa shape index (κ3) is 1.91. The molecular formula is C10H8INS. The Morgan fingerprint density at radius 3 is 2.46 bits per heavy atom. The molecule has 2 aromatic rings. The molecule has 0 saturated carbocycles. The Hall–Kier alpha value is -0.420. The van der Waals surface area contributed by atoms with Crippen LogP contribution in [0.1, 0.15) is 5.01 Å². The molecule has 0 aliphatic rings. The first kappa shape index (κ1) is 9.15. The lowest BCUT2D eigenvalue weighted by Gasteiger charge is -1.95. The number of nitrogens with zero attached hydrogens (tertiary/aromatic N) is 1. The van der Waals surface area contributed by atoms with Crippen molar-refractivity contribution in [2.24, 2.45) is 0 Å². The topological polar surface area (TPSA) is 12.9 Å². The van der Waals surface area contributed by atoms with Gasteiger partial charge in [-0.25, -0.2) is 4.98 Å². The molecule has 0 radical (unpaired) electrons. The van der Waals surface area contributed by atoms with Gasteiger partial charge in [-0.2, -0.15) is 0 Å². The predicted octanol–water partition coefficient (Wildman–Crippen LogP) is 3.72. The highest BCUT2D eigenvalue weighted by Crippen LogP contribution is 2.28. The quantitative estimate of drug-likeness (QED) is 0.732. The van der Waals surface area contributed by atoms with Gasteiger partial charge in [0.2, 0.25) is 0 Å². The number of halogens is 1. The average molecular weight is 301 g/mol. The van der Waals surface area contributed by atoms with Crippen molar-refractivity contribution >= 4 is 33.9 Å². The smallest absolute Gasteiger partial charge is 0.0949 e. The number of hydrogen-bond donors (Lipinski definition) is 0. The molecule has 0 aliphatic heterocycles. The van der Waals surface area contributed by atoms with Crippen LogP contribution in [0.25, 0.3) is 11.3 Å². The van der Waals surface area contributed by atoms with Gasteiger partial charge in [-0.15, -0.1) is 11.3 Å². The van der Waals surface area contributed by atoms with Gasteiger partial charge in [0.05, 0.1) is 13.6 Å². The zero-order valence-electron chi connectivity index (χ0n) is 7.12. The minimum atomic E-state index is 1.11. The number of thiazole rings is 1. The Morgan fingerprint density at radius 2 is 1.92 bits per heavy atom. The summed E-state index contributed by atoms with van der Waals surface area (Å²) in [5.74, 6) is 0. The molecule has 66 valence electrons. The van der Waals surface area contributed by atoms with E-state index in [4.69, 9.17) is 0 Å². The molecule has 0 amide bonds. The summed E-state index contributed by atoms with van der Waals surface area (Å²) < 4.78 is 1.27. The molecule has 0 fully saturated rings. The first-order valence-electron chi connectivity index (χ1n) is 3.96. The normalized spacial score (nSPS) is 10.3. The van der Waals surface area contributed by atoms with Crippen molar-refractivity contribution < 1.29 is 0 Å². The summed E-state index contributed by atoms with van der Waals surface area (Å²) in [7, 11) is 0. The Morgan fingerprint density at radius 1 is 1.23 bits per heavy atom. The van der Waals surface area contributed by atoms with E-state index < -0.39 is 0 Å². The monoisotopic (exact) mass is 301 g/mol. The fourth-order valence-corrected chi connectivity index (χ4v) is 3.22. The predicted molar refractivity (Wildman–Crippen MR) is 65.0 cm³/mol. The van der Waals surface area contributed by atoms with Crippen LogP contribution in [-0.2, 0) is 0 Å². The van der Waals surface area contributed by atoms with E-state index in [1.165, 1.54) is 8.45 Å². The molecule has 0 unspecified atom stereocenters. The summed E-state index contributed by atoms with van der Waals surface area (Å²) in [6.07, 6.45) is 0. The molecule has 1 heterocycles. The summed E-state index contributed by atoms with van der Waals surface area (Å²) in [5, 5.41) is 1.13. The average Bonchev–Trinajstić information content (AvgIpc) is 2.47. The van der Waals surface area contributed by atoms with Crippen molar-refractivity contribution in [1.29, 1.82) is 0 Å². The fraction of sp³-hybridized carbons (Fsp3) is 0.100. The van der Waals surface area contributed by atoms with Crippen LogP contribution >= 0.6 is 33.9 Å². The molecule has 3 heteroatoms. The zero-order chi connectivity index (χ0) is 9.26.